The molecule has 3 rings (SSSR count). The minimum absolute atomic E-state index is 0.168. The molecule has 0 saturated heterocycles. The Morgan fingerprint density at radius 2 is 1.79 bits per heavy atom. The van der Waals surface area contributed by atoms with Crippen LogP contribution >= 0.6 is 0 Å². The van der Waals surface area contributed by atoms with Crippen LogP contribution < -0.4 is 5.32 Å². The Kier molecular flexibility index (Phi) is 3.06. The summed E-state index contributed by atoms with van der Waals surface area (Å²) in [6.45, 7) is 2.10. The molecule has 2 aromatic heterocycles. The zero-order valence-electron chi connectivity index (χ0n) is 10.6. The molecule has 4 nitrogen and oxygen atoms in total. The number of rotatable bonds is 3. The zero-order valence-corrected chi connectivity index (χ0v) is 10.6. The van der Waals surface area contributed by atoms with E-state index in [0.717, 1.165) is 16.7 Å². The smallest absolute Gasteiger partial charge is 0.137 e. The lowest BCUT2D eigenvalue weighted by Gasteiger charge is -2.15. The van der Waals surface area contributed by atoms with Gasteiger partial charge < -0.3 is 5.32 Å². The number of hydrogen-bond acceptors (Lipinski definition) is 4. The second kappa shape index (κ2) is 5.02. The van der Waals surface area contributed by atoms with E-state index < -0.39 is 0 Å². The number of benzene rings is 1. The minimum atomic E-state index is 0.168. The fraction of sp³-hybridized carbons (Fsp3) is 0.133. The summed E-state index contributed by atoms with van der Waals surface area (Å²) in [6.07, 6.45) is 5.18. The highest BCUT2D eigenvalue weighted by Gasteiger charge is 2.08. The number of fused-ring (bicyclic) bond motifs is 1. The first-order valence-corrected chi connectivity index (χ1v) is 6.21. The molecule has 0 amide bonds. The maximum Gasteiger partial charge on any atom is 0.137 e. The van der Waals surface area contributed by atoms with Gasteiger partial charge in [-0.25, -0.2) is 9.97 Å². The fourth-order valence-corrected chi connectivity index (χ4v) is 2.06. The van der Waals surface area contributed by atoms with E-state index in [1.54, 1.807) is 18.7 Å². The standard InChI is InChI=1S/C15H14N4/c1-11(12-6-8-16-9-7-12)19-15-13-4-2-3-5-14(13)17-10-18-15/h2-11H,1H3,(H,17,18,19). The third-order valence-electron chi connectivity index (χ3n) is 3.10. The first kappa shape index (κ1) is 11.6. The Morgan fingerprint density at radius 1 is 1.00 bits per heavy atom. The first-order valence-electron chi connectivity index (χ1n) is 6.21. The number of nitrogens with zero attached hydrogens (tertiary/aromatic N) is 3. The SMILES string of the molecule is CC(Nc1ncnc2ccccc12)c1ccncc1. The molecular weight excluding hydrogens is 236 g/mol. The molecule has 1 N–H and O–H groups in total. The fourth-order valence-electron chi connectivity index (χ4n) is 2.06. The summed E-state index contributed by atoms with van der Waals surface area (Å²) in [5.41, 5.74) is 2.12. The molecule has 1 atom stereocenters. The van der Waals surface area contributed by atoms with Crippen LogP contribution in [-0.4, -0.2) is 15.0 Å². The molecular formula is C15H14N4. The van der Waals surface area contributed by atoms with Gasteiger partial charge in [0.1, 0.15) is 12.1 Å². The zero-order chi connectivity index (χ0) is 13.1. The van der Waals surface area contributed by atoms with E-state index in [-0.39, 0.29) is 6.04 Å². The second-order valence-corrected chi connectivity index (χ2v) is 4.39. The predicted molar refractivity (Wildman–Crippen MR) is 75.8 cm³/mol. The molecule has 0 bridgehead atoms. The Labute approximate surface area is 111 Å². The van der Waals surface area contributed by atoms with Gasteiger partial charge in [-0.3, -0.25) is 4.98 Å². The number of aromatic nitrogens is 3. The molecule has 1 aromatic carbocycles. The summed E-state index contributed by atoms with van der Waals surface area (Å²) >= 11 is 0. The minimum Gasteiger partial charge on any atom is -0.363 e. The highest BCUT2D eigenvalue weighted by Crippen LogP contribution is 2.23. The third-order valence-corrected chi connectivity index (χ3v) is 3.10. The lowest BCUT2D eigenvalue weighted by Crippen LogP contribution is -2.08. The first-order chi connectivity index (χ1) is 9.34. The Hall–Kier alpha value is -2.49. The summed E-state index contributed by atoms with van der Waals surface area (Å²) in [4.78, 5) is 12.6. The lowest BCUT2D eigenvalue weighted by molar-refractivity contribution is 0.872. The van der Waals surface area contributed by atoms with Crippen molar-refractivity contribution in [3.05, 3.63) is 60.7 Å². The molecule has 0 aliphatic heterocycles. The largest absolute Gasteiger partial charge is 0.363 e. The van der Waals surface area contributed by atoms with Gasteiger partial charge in [-0.2, -0.15) is 0 Å². The van der Waals surface area contributed by atoms with Crippen LogP contribution in [0.5, 0.6) is 0 Å². The Morgan fingerprint density at radius 3 is 2.63 bits per heavy atom. The normalized spacial score (nSPS) is 12.3. The van der Waals surface area contributed by atoms with Gasteiger partial charge >= 0.3 is 0 Å². The van der Waals surface area contributed by atoms with Crippen LogP contribution in [0.4, 0.5) is 5.82 Å². The molecule has 4 heteroatoms. The van der Waals surface area contributed by atoms with Gasteiger partial charge in [-0.1, -0.05) is 12.1 Å². The Bertz CT molecular complexity index is 677. The van der Waals surface area contributed by atoms with Crippen LogP contribution in [0.25, 0.3) is 10.9 Å². The van der Waals surface area contributed by atoms with Gasteiger partial charge in [0, 0.05) is 17.8 Å². The maximum absolute atomic E-state index is 4.33. The molecule has 0 radical (unpaired) electrons. The summed E-state index contributed by atoms with van der Waals surface area (Å²) < 4.78 is 0. The van der Waals surface area contributed by atoms with E-state index in [2.05, 4.69) is 27.2 Å². The van der Waals surface area contributed by atoms with Gasteiger partial charge in [0.15, 0.2) is 0 Å². The average molecular weight is 250 g/mol. The van der Waals surface area contributed by atoms with Crippen molar-refractivity contribution in [2.24, 2.45) is 0 Å². The van der Waals surface area contributed by atoms with Crippen LogP contribution in [-0.2, 0) is 0 Å². The highest BCUT2D eigenvalue weighted by molar-refractivity contribution is 5.88. The third kappa shape index (κ3) is 2.38. The molecule has 0 spiro atoms. The van der Waals surface area contributed by atoms with E-state index in [0.29, 0.717) is 0 Å². The molecule has 3 aromatic rings. The molecule has 0 fully saturated rings. The van der Waals surface area contributed by atoms with Crippen molar-refractivity contribution in [2.45, 2.75) is 13.0 Å². The van der Waals surface area contributed by atoms with Crippen LogP contribution in [0.3, 0.4) is 0 Å². The van der Waals surface area contributed by atoms with Crippen LogP contribution in [0.1, 0.15) is 18.5 Å². The van der Waals surface area contributed by atoms with E-state index in [4.69, 9.17) is 0 Å². The number of anilines is 1. The van der Waals surface area contributed by atoms with Crippen molar-refractivity contribution in [3.63, 3.8) is 0 Å². The van der Waals surface area contributed by atoms with Gasteiger partial charge in [0.2, 0.25) is 0 Å². The number of nitrogens with one attached hydrogen (secondary N) is 1. The molecule has 0 aliphatic carbocycles. The topological polar surface area (TPSA) is 50.7 Å². The summed E-state index contributed by atoms with van der Waals surface area (Å²) in [7, 11) is 0. The van der Waals surface area contributed by atoms with Crippen molar-refractivity contribution in [2.75, 3.05) is 5.32 Å². The van der Waals surface area contributed by atoms with Crippen molar-refractivity contribution in [1.82, 2.24) is 15.0 Å². The number of hydrogen-bond donors (Lipinski definition) is 1. The molecule has 0 saturated carbocycles. The number of para-hydroxylation sites is 1. The van der Waals surface area contributed by atoms with E-state index in [1.807, 2.05) is 36.4 Å². The van der Waals surface area contributed by atoms with Gasteiger partial charge in [0.05, 0.1) is 11.6 Å². The van der Waals surface area contributed by atoms with Crippen molar-refractivity contribution in [3.8, 4) is 0 Å². The van der Waals surface area contributed by atoms with Crippen LogP contribution in [0, 0.1) is 0 Å². The van der Waals surface area contributed by atoms with Crippen molar-refractivity contribution in [1.29, 1.82) is 0 Å². The average Bonchev–Trinajstić information content (AvgIpc) is 2.48. The van der Waals surface area contributed by atoms with Gasteiger partial charge in [0.25, 0.3) is 0 Å². The summed E-state index contributed by atoms with van der Waals surface area (Å²) in [5, 5.41) is 4.46. The maximum atomic E-state index is 4.33. The quantitative estimate of drug-likeness (QED) is 0.775. The number of pyridine rings is 1. The van der Waals surface area contributed by atoms with Crippen molar-refractivity contribution < 1.29 is 0 Å². The molecule has 2 heterocycles. The van der Waals surface area contributed by atoms with E-state index in [1.165, 1.54) is 5.56 Å². The van der Waals surface area contributed by atoms with Crippen LogP contribution in [0.15, 0.2) is 55.1 Å². The lowest BCUT2D eigenvalue weighted by atomic mass is 10.1. The van der Waals surface area contributed by atoms with Gasteiger partial charge in [-0.15, -0.1) is 0 Å². The second-order valence-electron chi connectivity index (χ2n) is 4.39. The Balaban J connectivity index is 1.94. The molecule has 94 valence electrons. The monoisotopic (exact) mass is 250 g/mol. The molecule has 0 aliphatic rings. The van der Waals surface area contributed by atoms with Crippen LogP contribution in [0.2, 0.25) is 0 Å². The highest BCUT2D eigenvalue weighted by atomic mass is 15.0. The summed E-state index contributed by atoms with van der Waals surface area (Å²) in [5.74, 6) is 0.856. The van der Waals surface area contributed by atoms with E-state index >= 15 is 0 Å². The van der Waals surface area contributed by atoms with E-state index in [9.17, 15) is 0 Å². The molecule has 19 heavy (non-hydrogen) atoms. The predicted octanol–water partition coefficient (Wildman–Crippen LogP) is 3.20. The van der Waals surface area contributed by atoms with Crippen molar-refractivity contribution >= 4 is 16.7 Å². The van der Waals surface area contributed by atoms with Gasteiger partial charge in [-0.05, 0) is 36.8 Å². The summed E-state index contributed by atoms with van der Waals surface area (Å²) in [6, 6.07) is 12.2. The molecule has 1 unspecified atom stereocenters.